The smallest absolute Gasteiger partial charge is 0.248 e. The molecule has 2 heterocycles. The maximum atomic E-state index is 12.4. The number of fused-ring (bicyclic) bond motifs is 2. The van der Waals surface area contributed by atoms with E-state index in [1.165, 1.54) is 11.1 Å². The third-order valence-electron chi connectivity index (χ3n) is 10.4. The molecule has 0 aliphatic carbocycles. The van der Waals surface area contributed by atoms with E-state index < -0.39 is 0 Å². The molecular weight excluding hydrogens is 753 g/mol. The fourth-order valence-corrected chi connectivity index (χ4v) is 7.05. The van der Waals surface area contributed by atoms with E-state index in [1.54, 1.807) is 26.4 Å². The molecule has 0 fully saturated rings. The van der Waals surface area contributed by atoms with E-state index in [0.717, 1.165) is 71.6 Å². The summed E-state index contributed by atoms with van der Waals surface area (Å²) in [5, 5.41) is 5.89. The molecule has 10 nitrogen and oxygen atoms in total. The molecule has 2 unspecified atom stereocenters. The molecular formula is C50H64N4O6. The first kappa shape index (κ1) is 45.5. The number of benzene rings is 4. The van der Waals surface area contributed by atoms with Crippen molar-refractivity contribution >= 4 is 46.7 Å². The quantitative estimate of drug-likeness (QED) is 0.136. The molecule has 0 spiro atoms. The van der Waals surface area contributed by atoms with E-state index in [-0.39, 0.29) is 34.9 Å². The monoisotopic (exact) mass is 816 g/mol. The van der Waals surface area contributed by atoms with Crippen LogP contribution in [0.25, 0.3) is 12.2 Å². The van der Waals surface area contributed by atoms with Crippen LogP contribution in [0.3, 0.4) is 0 Å². The fraction of sp³-hybridized carbons (Fsp3) is 0.400. The number of methoxy groups -OCH3 is 2. The number of rotatable bonds is 12. The predicted octanol–water partition coefficient (Wildman–Crippen LogP) is 9.74. The van der Waals surface area contributed by atoms with Crippen LogP contribution in [-0.4, -0.2) is 77.6 Å². The van der Waals surface area contributed by atoms with E-state index in [0.29, 0.717) is 13.2 Å². The van der Waals surface area contributed by atoms with Gasteiger partial charge in [0.25, 0.3) is 0 Å². The minimum absolute atomic E-state index is 0.00972. The summed E-state index contributed by atoms with van der Waals surface area (Å²) in [6.45, 7) is 21.7. The average molecular weight is 817 g/mol. The number of nitrogens with zero attached hydrogens (tertiary/aromatic N) is 2. The van der Waals surface area contributed by atoms with Gasteiger partial charge < -0.3 is 39.4 Å². The summed E-state index contributed by atoms with van der Waals surface area (Å²) in [5.74, 6) is 1.31. The molecule has 60 heavy (non-hydrogen) atoms. The Balaban J connectivity index is 0.000000228. The second-order valence-electron chi connectivity index (χ2n) is 17.2. The molecule has 0 bridgehead atoms. The number of nitrogens with one attached hydrogen (secondary N) is 2. The lowest BCUT2D eigenvalue weighted by atomic mass is 9.87. The van der Waals surface area contributed by atoms with E-state index in [1.807, 2.05) is 72.8 Å². The van der Waals surface area contributed by atoms with Crippen molar-refractivity contribution in [3.63, 3.8) is 0 Å². The highest BCUT2D eigenvalue weighted by Crippen LogP contribution is 2.37. The van der Waals surface area contributed by atoms with Crippen molar-refractivity contribution in [1.29, 1.82) is 0 Å². The van der Waals surface area contributed by atoms with Gasteiger partial charge in [-0.05, 0) is 95.5 Å². The van der Waals surface area contributed by atoms with Crippen molar-refractivity contribution in [2.75, 3.05) is 74.0 Å². The van der Waals surface area contributed by atoms with Gasteiger partial charge in [-0.3, -0.25) is 9.59 Å². The van der Waals surface area contributed by atoms with Gasteiger partial charge in [-0.25, -0.2) is 0 Å². The topological polar surface area (TPSA) is 102 Å². The molecule has 2 amide bonds. The Bertz CT molecular complexity index is 1950. The Kier molecular flexibility index (Phi) is 15.6. The number of likely N-dealkylation sites (N-methyl/N-ethyl adjacent to an activating group) is 2. The summed E-state index contributed by atoms with van der Waals surface area (Å²) in [6, 6.07) is 28.1. The molecule has 4 aromatic carbocycles. The number of carbonyl (C=O) groups excluding carboxylic acids is 2. The second-order valence-corrected chi connectivity index (χ2v) is 17.2. The molecule has 10 heteroatoms. The van der Waals surface area contributed by atoms with Gasteiger partial charge in [-0.1, -0.05) is 90.1 Å². The average Bonchev–Trinajstić information content (AvgIpc) is 3.22. The van der Waals surface area contributed by atoms with Crippen LogP contribution in [0.1, 0.15) is 77.6 Å². The first-order valence-corrected chi connectivity index (χ1v) is 20.9. The summed E-state index contributed by atoms with van der Waals surface area (Å²) in [4.78, 5) is 29.3. The van der Waals surface area contributed by atoms with Crippen LogP contribution in [-0.2, 0) is 29.9 Å². The van der Waals surface area contributed by atoms with Gasteiger partial charge in [-0.15, -0.1) is 0 Å². The SMILES string of the molecule is CCN1CC(COC)Oc2ccc(NC(=O)/C=C/c3ccc(C(C)(C)C)cc3)cc21.CCN1CC(COC)Oc2ccc(NC(=O)/C=C/c3ccc(C(C)(C)C)cc3)cc21. The molecule has 0 saturated heterocycles. The van der Waals surface area contributed by atoms with Crippen LogP contribution in [0.15, 0.2) is 97.1 Å². The molecule has 0 aromatic heterocycles. The van der Waals surface area contributed by atoms with Crippen molar-refractivity contribution < 1.29 is 28.5 Å². The lowest BCUT2D eigenvalue weighted by molar-refractivity contribution is -0.112. The van der Waals surface area contributed by atoms with Gasteiger partial charge in [0.05, 0.1) is 37.7 Å². The molecule has 2 atom stereocenters. The van der Waals surface area contributed by atoms with Crippen molar-refractivity contribution in [2.45, 2.75) is 78.4 Å². The normalized spacial score (nSPS) is 16.3. The van der Waals surface area contributed by atoms with E-state index in [2.05, 4.69) is 100 Å². The van der Waals surface area contributed by atoms with Gasteiger partial charge >= 0.3 is 0 Å². The van der Waals surface area contributed by atoms with Crippen LogP contribution in [0.5, 0.6) is 11.5 Å². The lowest BCUT2D eigenvalue weighted by Gasteiger charge is -2.35. The number of carbonyl (C=O) groups is 2. The van der Waals surface area contributed by atoms with Gasteiger partial charge in [0.2, 0.25) is 11.8 Å². The fourth-order valence-electron chi connectivity index (χ4n) is 7.05. The summed E-state index contributed by atoms with van der Waals surface area (Å²) in [5.41, 5.74) is 8.25. The Morgan fingerprint density at radius 1 is 0.617 bits per heavy atom. The van der Waals surface area contributed by atoms with Crippen molar-refractivity contribution in [1.82, 2.24) is 0 Å². The zero-order valence-electron chi connectivity index (χ0n) is 37.1. The van der Waals surface area contributed by atoms with Gasteiger partial charge in [0.1, 0.15) is 23.7 Å². The zero-order valence-corrected chi connectivity index (χ0v) is 37.1. The molecule has 0 radical (unpaired) electrons. The Hall–Kier alpha value is -5.58. The number of hydrogen-bond acceptors (Lipinski definition) is 8. The highest BCUT2D eigenvalue weighted by atomic mass is 16.5. The van der Waals surface area contributed by atoms with Crippen molar-refractivity contribution in [3.05, 3.63) is 119 Å². The number of anilines is 4. The summed E-state index contributed by atoms with van der Waals surface area (Å²) < 4.78 is 22.5. The highest BCUT2D eigenvalue weighted by molar-refractivity contribution is 6.03. The molecule has 6 rings (SSSR count). The first-order valence-electron chi connectivity index (χ1n) is 20.9. The van der Waals surface area contributed by atoms with Crippen LogP contribution in [0.4, 0.5) is 22.7 Å². The largest absolute Gasteiger partial charge is 0.484 e. The number of ether oxygens (including phenoxy) is 4. The van der Waals surface area contributed by atoms with E-state index in [9.17, 15) is 9.59 Å². The van der Waals surface area contributed by atoms with Gasteiger partial charge in [0.15, 0.2) is 0 Å². The Morgan fingerprint density at radius 3 is 1.30 bits per heavy atom. The van der Waals surface area contributed by atoms with Gasteiger partial charge in [-0.2, -0.15) is 0 Å². The molecule has 4 aromatic rings. The maximum absolute atomic E-state index is 12.4. The second kappa shape index (κ2) is 20.6. The summed E-state index contributed by atoms with van der Waals surface area (Å²) in [7, 11) is 3.36. The standard InChI is InChI=1S/2C25H32N2O3/c2*1-6-27-16-21(17-29-5)30-23-13-12-20(15-22(23)27)26-24(28)14-9-18-7-10-19(11-8-18)25(2,3)4/h2*7-15,21H,6,16-17H2,1-5H3,(H,26,28)/b2*14-9+. The zero-order chi connectivity index (χ0) is 43.5. The Labute approximate surface area is 357 Å². The van der Waals surface area contributed by atoms with Gasteiger partial charge in [0, 0.05) is 50.8 Å². The van der Waals surface area contributed by atoms with Crippen LogP contribution < -0.4 is 29.9 Å². The molecule has 2 N–H and O–H groups in total. The third kappa shape index (κ3) is 12.7. The number of amides is 2. The molecule has 2 aliphatic heterocycles. The van der Waals surface area contributed by atoms with Crippen LogP contribution in [0, 0.1) is 0 Å². The molecule has 2 aliphatic rings. The minimum Gasteiger partial charge on any atom is -0.484 e. The minimum atomic E-state index is -0.160. The van der Waals surface area contributed by atoms with Crippen molar-refractivity contribution in [3.8, 4) is 11.5 Å². The first-order chi connectivity index (χ1) is 28.6. The third-order valence-corrected chi connectivity index (χ3v) is 10.4. The summed E-state index contributed by atoms with van der Waals surface area (Å²) >= 11 is 0. The molecule has 0 saturated carbocycles. The van der Waals surface area contributed by atoms with Crippen molar-refractivity contribution in [2.24, 2.45) is 0 Å². The Morgan fingerprint density at radius 2 is 0.983 bits per heavy atom. The number of hydrogen-bond donors (Lipinski definition) is 2. The van der Waals surface area contributed by atoms with E-state index in [4.69, 9.17) is 18.9 Å². The van der Waals surface area contributed by atoms with Crippen LogP contribution in [0.2, 0.25) is 0 Å². The predicted molar refractivity (Wildman–Crippen MR) is 247 cm³/mol. The van der Waals surface area contributed by atoms with E-state index >= 15 is 0 Å². The highest BCUT2D eigenvalue weighted by Gasteiger charge is 2.26. The van der Waals surface area contributed by atoms with Crippen LogP contribution >= 0.6 is 0 Å². The summed E-state index contributed by atoms with van der Waals surface area (Å²) in [6.07, 6.45) is 6.81. The molecule has 320 valence electrons. The maximum Gasteiger partial charge on any atom is 0.248 e. The lowest BCUT2D eigenvalue weighted by Crippen LogP contribution is -2.42.